The molecule has 0 bridgehead atoms. The van der Waals surface area contributed by atoms with Gasteiger partial charge in [-0.1, -0.05) is 26.0 Å². The van der Waals surface area contributed by atoms with E-state index in [-0.39, 0.29) is 36.2 Å². The molecule has 3 aromatic rings. The van der Waals surface area contributed by atoms with E-state index in [0.717, 1.165) is 5.39 Å². The number of nitrogen functional groups attached to an aromatic ring is 1. The number of nitrogens with zero attached hydrogens (tertiary/aromatic N) is 4. The first kappa shape index (κ1) is 24.6. The molecule has 0 spiro atoms. The number of fused-ring (bicyclic) bond motifs is 1. The van der Waals surface area contributed by atoms with Crippen LogP contribution in [0.1, 0.15) is 26.1 Å². The van der Waals surface area contributed by atoms with Crippen molar-refractivity contribution < 1.29 is 22.7 Å². The predicted octanol–water partition coefficient (Wildman–Crippen LogP) is 2.34. The lowest BCUT2D eigenvalue weighted by Gasteiger charge is -2.20. The lowest BCUT2D eigenvalue weighted by Crippen LogP contribution is -2.30. The number of para-hydroxylation sites is 1. The van der Waals surface area contributed by atoms with Crippen molar-refractivity contribution in [3.63, 3.8) is 0 Å². The molecule has 2 heterocycles. The third kappa shape index (κ3) is 4.96. The molecule has 1 aliphatic rings. The summed E-state index contributed by atoms with van der Waals surface area (Å²) in [5.74, 6) is -0.843. The fourth-order valence-electron chi connectivity index (χ4n) is 4.09. The molecule has 2 aromatic carbocycles. The average molecular weight is 498 g/mol. The number of esters is 1. The van der Waals surface area contributed by atoms with Crippen molar-refractivity contribution >= 4 is 44.3 Å². The van der Waals surface area contributed by atoms with Crippen LogP contribution in [0.4, 0.5) is 11.5 Å². The number of rotatable bonds is 8. The molecular weight excluding hydrogens is 470 g/mol. The van der Waals surface area contributed by atoms with E-state index in [4.69, 9.17) is 10.5 Å². The molecule has 0 radical (unpaired) electrons. The van der Waals surface area contributed by atoms with Crippen LogP contribution < -0.4 is 10.6 Å². The highest BCUT2D eigenvalue weighted by Gasteiger charge is 2.36. The smallest absolute Gasteiger partial charge is 0.311 e. The van der Waals surface area contributed by atoms with Crippen molar-refractivity contribution in [3.05, 3.63) is 54.4 Å². The number of nitrogens with two attached hydrogens (primary N) is 1. The molecule has 0 saturated carbocycles. The van der Waals surface area contributed by atoms with Crippen LogP contribution in [0.2, 0.25) is 0 Å². The minimum Gasteiger partial charge on any atom is -0.457 e. The number of hydrogen-bond donors (Lipinski definition) is 1. The maximum Gasteiger partial charge on any atom is 0.311 e. The van der Waals surface area contributed by atoms with Gasteiger partial charge in [0.2, 0.25) is 15.9 Å². The summed E-state index contributed by atoms with van der Waals surface area (Å²) in [5.41, 5.74) is 7.15. The van der Waals surface area contributed by atoms with Crippen molar-refractivity contribution in [2.24, 2.45) is 5.92 Å². The summed E-state index contributed by atoms with van der Waals surface area (Å²) in [6.07, 6.45) is -0.000946. The number of amides is 1. The van der Waals surface area contributed by atoms with Crippen LogP contribution in [0, 0.1) is 5.92 Å². The fraction of sp³-hybridized carbons (Fsp3) is 0.333. The minimum absolute atomic E-state index is 0.000946. The van der Waals surface area contributed by atoms with Gasteiger partial charge in [0, 0.05) is 37.1 Å². The lowest BCUT2D eigenvalue weighted by molar-refractivity contribution is -0.149. The van der Waals surface area contributed by atoms with Crippen LogP contribution >= 0.6 is 0 Å². The molecule has 2 N–H and O–H groups in total. The van der Waals surface area contributed by atoms with Gasteiger partial charge in [0.05, 0.1) is 16.3 Å². The molecule has 1 atom stereocenters. The third-order valence-electron chi connectivity index (χ3n) is 5.97. The number of benzene rings is 2. The summed E-state index contributed by atoms with van der Waals surface area (Å²) in [6, 6.07) is 13.4. The highest BCUT2D eigenvalue weighted by molar-refractivity contribution is 7.89. The Morgan fingerprint density at radius 3 is 2.49 bits per heavy atom. The summed E-state index contributed by atoms with van der Waals surface area (Å²) >= 11 is 0. The molecule has 10 nitrogen and oxygen atoms in total. The van der Waals surface area contributed by atoms with Crippen LogP contribution in [0.5, 0.6) is 0 Å². The van der Waals surface area contributed by atoms with E-state index in [1.807, 2.05) is 18.2 Å². The van der Waals surface area contributed by atoms with E-state index in [0.29, 0.717) is 30.1 Å². The predicted molar refractivity (Wildman–Crippen MR) is 131 cm³/mol. The largest absolute Gasteiger partial charge is 0.457 e. The molecule has 1 saturated heterocycles. The summed E-state index contributed by atoms with van der Waals surface area (Å²) in [7, 11) is -3.59. The third-order valence-corrected chi connectivity index (χ3v) is 8.04. The fourth-order valence-corrected chi connectivity index (χ4v) is 5.55. The lowest BCUT2D eigenvalue weighted by atomic mass is 10.1. The molecule has 11 heteroatoms. The van der Waals surface area contributed by atoms with Crippen molar-refractivity contribution in [1.29, 1.82) is 0 Å². The molecule has 4 rings (SSSR count). The van der Waals surface area contributed by atoms with E-state index in [2.05, 4.69) is 9.97 Å². The van der Waals surface area contributed by atoms with E-state index < -0.39 is 21.9 Å². The molecule has 1 amide bonds. The van der Waals surface area contributed by atoms with Gasteiger partial charge in [0.25, 0.3) is 0 Å². The molecule has 1 fully saturated rings. The average Bonchev–Trinajstić information content (AvgIpc) is 3.25. The highest BCUT2D eigenvalue weighted by Crippen LogP contribution is 2.28. The Morgan fingerprint density at radius 1 is 1.11 bits per heavy atom. The standard InChI is InChI=1S/C24H27N5O5S/c1-3-28(4-2)35(32,33)18-11-9-17(10-12-18)29-14-16(13-22(29)30)24(31)34-15-21-26-20-8-6-5-7-19(20)23(25)27-21/h5-12,16H,3-4,13-15H2,1-2H3,(H2,25,26,27). The van der Waals surface area contributed by atoms with E-state index in [9.17, 15) is 18.0 Å². The molecule has 1 aromatic heterocycles. The van der Waals surface area contributed by atoms with E-state index in [1.54, 1.807) is 32.0 Å². The second-order valence-corrected chi connectivity index (χ2v) is 10.1. The number of carbonyl (C=O) groups excluding carboxylic acids is 2. The minimum atomic E-state index is -3.59. The first-order valence-electron chi connectivity index (χ1n) is 11.3. The summed E-state index contributed by atoms with van der Waals surface area (Å²) in [4.78, 5) is 35.4. The first-order chi connectivity index (χ1) is 16.7. The second kappa shape index (κ2) is 9.96. The molecule has 1 unspecified atom stereocenters. The normalized spacial score (nSPS) is 16.3. The summed E-state index contributed by atoms with van der Waals surface area (Å²) in [6.45, 7) is 4.27. The number of hydrogen-bond acceptors (Lipinski definition) is 8. The Kier molecular flexibility index (Phi) is 6.99. The Bertz CT molecular complexity index is 1360. The number of sulfonamides is 1. The Hall–Kier alpha value is -3.57. The molecule has 35 heavy (non-hydrogen) atoms. The van der Waals surface area contributed by atoms with Gasteiger partial charge < -0.3 is 15.4 Å². The number of carbonyl (C=O) groups is 2. The second-order valence-electron chi connectivity index (χ2n) is 8.14. The van der Waals surface area contributed by atoms with Gasteiger partial charge >= 0.3 is 5.97 Å². The van der Waals surface area contributed by atoms with Gasteiger partial charge in [0.15, 0.2) is 12.4 Å². The van der Waals surface area contributed by atoms with Crippen molar-refractivity contribution in [2.75, 3.05) is 30.3 Å². The van der Waals surface area contributed by atoms with Crippen LogP contribution in [0.25, 0.3) is 10.9 Å². The summed E-state index contributed by atoms with van der Waals surface area (Å²) < 4.78 is 32.1. The Morgan fingerprint density at radius 2 is 1.80 bits per heavy atom. The van der Waals surface area contributed by atoms with E-state index in [1.165, 1.54) is 21.3 Å². The van der Waals surface area contributed by atoms with Crippen LogP contribution in [0.15, 0.2) is 53.4 Å². The summed E-state index contributed by atoms with van der Waals surface area (Å²) in [5, 5.41) is 0.718. The zero-order valence-corrected chi connectivity index (χ0v) is 20.4. The molecular formula is C24H27N5O5S. The first-order valence-corrected chi connectivity index (χ1v) is 12.8. The Balaban J connectivity index is 1.41. The maximum absolute atomic E-state index is 12.7. The van der Waals surface area contributed by atoms with Gasteiger partial charge in [-0.05, 0) is 36.4 Å². The van der Waals surface area contributed by atoms with Gasteiger partial charge in [-0.2, -0.15) is 4.31 Å². The van der Waals surface area contributed by atoms with Gasteiger partial charge in [-0.3, -0.25) is 9.59 Å². The zero-order valence-electron chi connectivity index (χ0n) is 19.5. The quantitative estimate of drug-likeness (QED) is 0.469. The van der Waals surface area contributed by atoms with Crippen molar-refractivity contribution in [1.82, 2.24) is 14.3 Å². The number of aromatic nitrogens is 2. The maximum atomic E-state index is 12.7. The number of ether oxygens (including phenoxy) is 1. The van der Waals surface area contributed by atoms with Crippen LogP contribution in [-0.2, 0) is 31.0 Å². The Labute approximate surface area is 203 Å². The van der Waals surface area contributed by atoms with Gasteiger partial charge in [-0.25, -0.2) is 18.4 Å². The van der Waals surface area contributed by atoms with Crippen molar-refractivity contribution in [2.45, 2.75) is 31.8 Å². The monoisotopic (exact) mass is 497 g/mol. The highest BCUT2D eigenvalue weighted by atomic mass is 32.2. The topological polar surface area (TPSA) is 136 Å². The van der Waals surface area contributed by atoms with Crippen molar-refractivity contribution in [3.8, 4) is 0 Å². The zero-order chi connectivity index (χ0) is 25.2. The van der Waals surface area contributed by atoms with Crippen LogP contribution in [0.3, 0.4) is 0 Å². The molecule has 1 aliphatic heterocycles. The number of anilines is 2. The van der Waals surface area contributed by atoms with E-state index >= 15 is 0 Å². The molecule has 184 valence electrons. The van der Waals surface area contributed by atoms with Gasteiger partial charge in [0.1, 0.15) is 5.82 Å². The molecule has 0 aliphatic carbocycles. The SMILES string of the molecule is CCN(CC)S(=O)(=O)c1ccc(N2CC(C(=O)OCc3nc(N)c4ccccc4n3)CC2=O)cc1. The van der Waals surface area contributed by atoms with Gasteiger partial charge in [-0.15, -0.1) is 0 Å². The van der Waals surface area contributed by atoms with Crippen LogP contribution in [-0.4, -0.2) is 54.2 Å².